The van der Waals surface area contributed by atoms with Crippen molar-refractivity contribution in [1.29, 1.82) is 0 Å². The molecular formula is C68H44F25Ir2N5O5-4. The molecule has 0 aliphatic carbocycles. The number of aliphatic hydroxyl groups is 1. The summed E-state index contributed by atoms with van der Waals surface area (Å²) in [5.41, 5.74) is -0.779. The quantitative estimate of drug-likeness (QED) is 0.0438. The van der Waals surface area contributed by atoms with Crippen LogP contribution in [0.4, 0.5) is 110 Å². The van der Waals surface area contributed by atoms with Gasteiger partial charge in [-0.25, -0.2) is 9.78 Å². The largest absolute Gasteiger partial charge is 0.506 e. The average Bonchev–Trinajstić information content (AvgIpc) is 0.716. The molecule has 0 bridgehead atoms. The Bertz CT molecular complexity index is 4020. The van der Waals surface area contributed by atoms with E-state index < -0.39 is 147 Å². The molecule has 0 saturated heterocycles. The second-order valence-electron chi connectivity index (χ2n) is 21.4. The van der Waals surface area contributed by atoms with Crippen LogP contribution in [0, 0.1) is 76.2 Å². The molecule has 2 N–H and O–H groups in total. The molecule has 5 aromatic heterocycles. The number of aromatic nitrogens is 5. The Labute approximate surface area is 604 Å². The number of hydrogen-bond donors (Lipinski definition) is 2. The molecular weight excluding hydrogens is 1830 g/mol. The van der Waals surface area contributed by atoms with E-state index >= 15 is 0 Å². The summed E-state index contributed by atoms with van der Waals surface area (Å²) in [4.78, 5) is 52.4. The van der Waals surface area contributed by atoms with Crippen molar-refractivity contribution in [3.05, 3.63) is 258 Å². The van der Waals surface area contributed by atoms with Gasteiger partial charge < -0.3 is 30.1 Å². The molecule has 105 heavy (non-hydrogen) atoms. The van der Waals surface area contributed by atoms with Crippen molar-refractivity contribution in [1.82, 2.24) is 24.9 Å². The van der Waals surface area contributed by atoms with Crippen molar-refractivity contribution >= 4 is 17.5 Å². The second-order valence-corrected chi connectivity index (χ2v) is 21.4. The summed E-state index contributed by atoms with van der Waals surface area (Å²) in [5.74, 6) is -60.4. The fraction of sp³-hybridized carbons (Fsp3) is 0.206. The van der Waals surface area contributed by atoms with Crippen LogP contribution in [-0.4, -0.2) is 100 Å². The molecule has 5 heterocycles. The number of carbonyl (C=O) groups excluding carboxylic acids is 2. The SMILES string of the molecule is CC(C)(C)C(=O)C=C(O)C(F)(F)C(F)(F)C(F)(F)F.CC(F)(F)C(F)(F)C(F)(F)C(F)(F)C(F)(F)C(=O)Cc1cccnc1C(=O)O.Fc1c[c-]c(-c2ccccn2)c(F)c1.Fc1c[c-]c(-c2ccccn2)c(F)c1.Fc1c[c-]c(-c2ccccn2)c(F)c1.Fc1c[c-]c(-c2ccccn2)c(F)c1.[Ir].[Ir]. The van der Waals surface area contributed by atoms with Gasteiger partial charge in [0.2, 0.25) is 5.78 Å². The van der Waals surface area contributed by atoms with Crippen LogP contribution >= 0.6 is 0 Å². The van der Waals surface area contributed by atoms with Crippen LogP contribution in [0.15, 0.2) is 176 Å². The molecule has 37 heteroatoms. The van der Waals surface area contributed by atoms with Gasteiger partial charge in [-0.15, -0.1) is 48.5 Å². The zero-order valence-corrected chi connectivity index (χ0v) is 57.6. The molecule has 2 radical (unpaired) electrons. The zero-order valence-electron chi connectivity index (χ0n) is 52.8. The Balaban J connectivity index is 0.000000435. The van der Waals surface area contributed by atoms with E-state index in [1.807, 2.05) is 0 Å². The van der Waals surface area contributed by atoms with Gasteiger partial charge in [-0.3, -0.25) is 44.7 Å². The second kappa shape index (κ2) is 37.5. The third-order valence-corrected chi connectivity index (χ3v) is 12.7. The molecule has 0 spiro atoms. The number of pyridine rings is 5. The Morgan fingerprint density at radius 2 is 0.705 bits per heavy atom. The topological polar surface area (TPSA) is 156 Å². The third-order valence-electron chi connectivity index (χ3n) is 12.7. The van der Waals surface area contributed by atoms with Gasteiger partial charge in [0.25, 0.3) is 0 Å². The number of aliphatic hydroxyl groups excluding tert-OH is 1. The molecule has 9 aromatic rings. The summed E-state index contributed by atoms with van der Waals surface area (Å²) in [5, 5.41) is 17.5. The number of halogens is 25. The number of Topliss-reactive ketones (excluding diaryl/α,β-unsaturated/α-hetero) is 1. The van der Waals surface area contributed by atoms with Crippen molar-refractivity contribution < 1.29 is 175 Å². The molecule has 9 rings (SSSR count). The molecule has 4 aromatic carbocycles. The van der Waals surface area contributed by atoms with E-state index in [1.165, 1.54) is 20.8 Å². The minimum atomic E-state index is -7.35. The van der Waals surface area contributed by atoms with Crippen molar-refractivity contribution in [2.45, 2.75) is 81.7 Å². The first-order chi connectivity index (χ1) is 47.5. The Morgan fingerprint density at radius 3 is 0.952 bits per heavy atom. The maximum absolute atomic E-state index is 13.7. The van der Waals surface area contributed by atoms with E-state index in [0.717, 1.165) is 60.8 Å². The predicted octanol–water partition coefficient (Wildman–Crippen LogP) is 19.3. The third kappa shape index (κ3) is 23.5. The summed E-state index contributed by atoms with van der Waals surface area (Å²) < 4.78 is 322. The average molecular weight is 1870 g/mol. The maximum atomic E-state index is 13.7. The van der Waals surface area contributed by atoms with Gasteiger partial charge in [-0.1, -0.05) is 122 Å². The van der Waals surface area contributed by atoms with E-state index in [2.05, 4.69) is 49.2 Å². The molecule has 0 aliphatic rings. The van der Waals surface area contributed by atoms with Crippen molar-refractivity contribution in [3.63, 3.8) is 0 Å². The van der Waals surface area contributed by atoms with Gasteiger partial charge in [0.05, 0.1) is 0 Å². The Hall–Kier alpha value is -9.47. The van der Waals surface area contributed by atoms with Gasteiger partial charge >= 0.3 is 53.6 Å². The van der Waals surface area contributed by atoms with Crippen molar-refractivity contribution in [3.8, 4) is 45.0 Å². The first-order valence-electron chi connectivity index (χ1n) is 28.0. The molecule has 0 atom stereocenters. The van der Waals surface area contributed by atoms with Crippen molar-refractivity contribution in [2.75, 3.05) is 0 Å². The first kappa shape index (κ1) is 91.6. The summed E-state index contributed by atoms with van der Waals surface area (Å²) >= 11 is 0. The smallest absolute Gasteiger partial charge is 0.460 e. The van der Waals surface area contributed by atoms with E-state index in [0.29, 0.717) is 28.8 Å². The number of nitrogens with zero attached hydrogens (tertiary/aromatic N) is 5. The van der Waals surface area contributed by atoms with E-state index in [9.17, 15) is 124 Å². The summed E-state index contributed by atoms with van der Waals surface area (Å²) in [6, 6.07) is 39.6. The van der Waals surface area contributed by atoms with Crippen LogP contribution in [-0.2, 0) is 56.2 Å². The van der Waals surface area contributed by atoms with Crippen LogP contribution in [0.3, 0.4) is 0 Å². The first-order valence-corrected chi connectivity index (χ1v) is 28.0. The molecule has 0 unspecified atom stereocenters. The fourth-order valence-electron chi connectivity index (χ4n) is 7.28. The number of carbonyl (C=O) groups is 3. The van der Waals surface area contributed by atoms with Crippen molar-refractivity contribution in [2.24, 2.45) is 5.41 Å². The van der Waals surface area contributed by atoms with Gasteiger partial charge in [0.15, 0.2) is 17.2 Å². The van der Waals surface area contributed by atoms with Gasteiger partial charge in [0.1, 0.15) is 0 Å². The van der Waals surface area contributed by atoms with E-state index in [4.69, 9.17) is 10.2 Å². The number of benzene rings is 4. The molecule has 0 aliphatic heterocycles. The standard InChI is InChI=1S/C14H9F10NO3.4C11H6F2N.C10H11F7O2.2Ir/c1-10(15,16)12(19,20)14(23,24)13(21,22)11(17,18)7(26)5-6-3-2-4-25-8(6)9(27)28;4*12-8-4-5-9(10(13)7-8)11-3-1-2-6-14-11;1-7(2,3)5(18)4-6(19)8(11,12)9(13,14)10(15,16)17;;/h2-4H,5H2,1H3,(H,27,28);4*1-4,6-7H;4,19H,1-3H3;;/q;4*-1;;;. The van der Waals surface area contributed by atoms with Crippen LogP contribution in [0.2, 0.25) is 0 Å². The van der Waals surface area contributed by atoms with Gasteiger partial charge in [0, 0.05) is 143 Å². The minimum Gasteiger partial charge on any atom is -0.506 e. The predicted molar refractivity (Wildman–Crippen MR) is 315 cm³/mol. The Kier molecular flexibility index (Phi) is 32.7. The fourth-order valence-corrected chi connectivity index (χ4v) is 7.28. The minimum absolute atomic E-state index is 0. The number of rotatable bonds is 15. The number of aromatic carboxylic acids is 1. The number of ketones is 2. The number of carboxylic acid groups (broad SMARTS) is 1. The number of allylic oxidation sites excluding steroid dienone is 2. The number of carboxylic acids is 1. The summed E-state index contributed by atoms with van der Waals surface area (Å²) in [7, 11) is 0. The summed E-state index contributed by atoms with van der Waals surface area (Å²) in [6.45, 7) is 2.73. The summed E-state index contributed by atoms with van der Waals surface area (Å²) in [6.07, 6.45) is -1.82. The van der Waals surface area contributed by atoms with E-state index in [-0.39, 0.29) is 68.5 Å². The van der Waals surface area contributed by atoms with Crippen LogP contribution in [0.5, 0.6) is 0 Å². The number of alkyl halides is 17. The van der Waals surface area contributed by atoms with Crippen LogP contribution < -0.4 is 0 Å². The zero-order chi connectivity index (χ0) is 78.1. The normalized spacial score (nSPS) is 12.0. The van der Waals surface area contributed by atoms with Gasteiger partial charge in [-0.2, -0.15) is 74.6 Å². The maximum Gasteiger partial charge on any atom is 0.460 e. The molecule has 0 fully saturated rings. The molecule has 10 nitrogen and oxygen atoms in total. The van der Waals surface area contributed by atoms with Gasteiger partial charge in [-0.05, 0) is 58.7 Å². The number of hydrogen-bond acceptors (Lipinski definition) is 9. The van der Waals surface area contributed by atoms with Crippen LogP contribution in [0.1, 0.15) is 43.7 Å². The van der Waals surface area contributed by atoms with E-state index in [1.54, 1.807) is 97.6 Å². The Morgan fingerprint density at radius 1 is 0.400 bits per heavy atom. The molecule has 0 saturated carbocycles. The van der Waals surface area contributed by atoms with Crippen LogP contribution in [0.25, 0.3) is 45.0 Å². The molecule has 568 valence electrons. The molecule has 0 amide bonds. The monoisotopic (exact) mass is 1870 g/mol.